The number of nitrogens with two attached hydrogens (primary N) is 1. The molecule has 0 atom stereocenters. The molecule has 26 heavy (non-hydrogen) atoms. The van der Waals surface area contributed by atoms with E-state index in [2.05, 4.69) is 10.3 Å². The van der Waals surface area contributed by atoms with Gasteiger partial charge >= 0.3 is 0 Å². The van der Waals surface area contributed by atoms with Crippen LogP contribution in [-0.2, 0) is 21.3 Å². The molecule has 3 N–H and O–H groups in total. The zero-order chi connectivity index (χ0) is 18.4. The van der Waals surface area contributed by atoms with Crippen molar-refractivity contribution in [1.82, 2.24) is 9.62 Å². The lowest BCUT2D eigenvalue weighted by atomic mass is 10.1. The largest absolute Gasteiger partial charge is 0.379 e. The molecule has 1 saturated heterocycles. The highest BCUT2D eigenvalue weighted by molar-refractivity contribution is 7.91. The highest BCUT2D eigenvalue weighted by Gasteiger charge is 2.27. The van der Waals surface area contributed by atoms with Crippen LogP contribution in [0.2, 0.25) is 0 Å². The molecule has 0 amide bonds. The summed E-state index contributed by atoms with van der Waals surface area (Å²) in [7, 11) is -3.43. The fourth-order valence-electron chi connectivity index (χ4n) is 3.34. The van der Waals surface area contributed by atoms with Gasteiger partial charge in [-0.1, -0.05) is 25.7 Å². The number of ether oxygens (including phenoxy) is 1. The predicted molar refractivity (Wildman–Crippen MR) is 104 cm³/mol. The van der Waals surface area contributed by atoms with Crippen molar-refractivity contribution in [3.05, 3.63) is 17.0 Å². The highest BCUT2D eigenvalue weighted by atomic mass is 32.2. The molecule has 0 aromatic carbocycles. The molecule has 9 heteroatoms. The van der Waals surface area contributed by atoms with Gasteiger partial charge in [0.25, 0.3) is 10.0 Å². The van der Waals surface area contributed by atoms with Gasteiger partial charge in [-0.15, -0.1) is 11.3 Å². The van der Waals surface area contributed by atoms with Crippen LogP contribution in [0.4, 0.5) is 0 Å². The average Bonchev–Trinajstić information content (AvgIpc) is 2.99. The number of aliphatic imine (C=N–C) groups is 1. The maximum Gasteiger partial charge on any atom is 0.252 e. The van der Waals surface area contributed by atoms with Gasteiger partial charge in [-0.05, 0) is 25.0 Å². The van der Waals surface area contributed by atoms with E-state index in [-0.39, 0.29) is 0 Å². The summed E-state index contributed by atoms with van der Waals surface area (Å²) in [5, 5.41) is 3.31. The minimum absolute atomic E-state index is 0.361. The van der Waals surface area contributed by atoms with Crippen molar-refractivity contribution in [1.29, 1.82) is 0 Å². The summed E-state index contributed by atoms with van der Waals surface area (Å²) in [6, 6.07) is 3.89. The second kappa shape index (κ2) is 9.16. The van der Waals surface area contributed by atoms with Crippen molar-refractivity contribution in [2.24, 2.45) is 10.7 Å². The third-order valence-corrected chi connectivity index (χ3v) is 8.25. The Bertz CT molecular complexity index is 703. The molecule has 3 rings (SSSR count). The van der Waals surface area contributed by atoms with Crippen LogP contribution >= 0.6 is 11.3 Å². The molecule has 2 fully saturated rings. The van der Waals surface area contributed by atoms with Gasteiger partial charge < -0.3 is 15.8 Å². The van der Waals surface area contributed by atoms with Crippen LogP contribution in [0.15, 0.2) is 21.3 Å². The minimum atomic E-state index is -3.43. The lowest BCUT2D eigenvalue weighted by Gasteiger charge is -2.25. The Hall–Kier alpha value is -1.16. The summed E-state index contributed by atoms with van der Waals surface area (Å²) in [5.41, 5.74) is 6.02. The first-order chi connectivity index (χ1) is 12.6. The molecule has 1 aliphatic carbocycles. The third-order valence-electron chi connectivity index (χ3n) is 4.81. The zero-order valence-electron chi connectivity index (χ0n) is 15.0. The number of hydrogen-bond acceptors (Lipinski definition) is 5. The summed E-state index contributed by atoms with van der Waals surface area (Å²) in [4.78, 5) is 5.28. The molecule has 1 saturated carbocycles. The van der Waals surface area contributed by atoms with Crippen molar-refractivity contribution in [2.75, 3.05) is 26.3 Å². The highest BCUT2D eigenvalue weighted by Crippen LogP contribution is 2.26. The third kappa shape index (κ3) is 5.18. The maximum atomic E-state index is 12.6. The van der Waals surface area contributed by atoms with Gasteiger partial charge in [0.2, 0.25) is 0 Å². The summed E-state index contributed by atoms with van der Waals surface area (Å²) < 4.78 is 32.4. The van der Waals surface area contributed by atoms with Crippen molar-refractivity contribution in [2.45, 2.75) is 55.3 Å². The minimum Gasteiger partial charge on any atom is -0.379 e. The first-order valence-corrected chi connectivity index (χ1v) is 11.5. The van der Waals surface area contributed by atoms with Crippen LogP contribution < -0.4 is 11.1 Å². The smallest absolute Gasteiger partial charge is 0.252 e. The van der Waals surface area contributed by atoms with E-state index in [1.165, 1.54) is 41.3 Å². The van der Waals surface area contributed by atoms with E-state index in [1.807, 2.05) is 6.07 Å². The Morgan fingerprint density at radius 3 is 2.62 bits per heavy atom. The van der Waals surface area contributed by atoms with Crippen LogP contribution in [0, 0.1) is 0 Å². The van der Waals surface area contributed by atoms with E-state index in [9.17, 15) is 8.42 Å². The summed E-state index contributed by atoms with van der Waals surface area (Å²) in [5.74, 6) is 0.447. The van der Waals surface area contributed by atoms with Gasteiger partial charge in [0.05, 0.1) is 19.8 Å². The maximum absolute atomic E-state index is 12.6. The van der Waals surface area contributed by atoms with Gasteiger partial charge in [-0.3, -0.25) is 0 Å². The van der Waals surface area contributed by atoms with E-state index in [1.54, 1.807) is 6.07 Å². The second-order valence-electron chi connectivity index (χ2n) is 6.77. The first kappa shape index (κ1) is 19.6. The van der Waals surface area contributed by atoms with E-state index < -0.39 is 10.0 Å². The second-order valence-corrected chi connectivity index (χ2v) is 10.1. The molecule has 2 aliphatic rings. The van der Waals surface area contributed by atoms with Crippen molar-refractivity contribution >= 4 is 27.3 Å². The van der Waals surface area contributed by atoms with E-state index in [0.717, 1.165) is 17.7 Å². The number of nitrogens with zero attached hydrogens (tertiary/aromatic N) is 2. The summed E-state index contributed by atoms with van der Waals surface area (Å²) in [6.45, 7) is 2.11. The fourth-order valence-corrected chi connectivity index (χ4v) is 6.18. The number of nitrogens with one attached hydrogen (secondary N) is 1. The number of thiophene rings is 1. The van der Waals surface area contributed by atoms with E-state index in [0.29, 0.717) is 49.1 Å². The van der Waals surface area contributed by atoms with E-state index in [4.69, 9.17) is 10.5 Å². The van der Waals surface area contributed by atoms with Gasteiger partial charge in [0, 0.05) is 24.0 Å². The van der Waals surface area contributed by atoms with Gasteiger partial charge in [0.15, 0.2) is 5.96 Å². The Balaban J connectivity index is 1.57. The average molecular weight is 401 g/mol. The van der Waals surface area contributed by atoms with Crippen molar-refractivity contribution < 1.29 is 13.2 Å². The Labute approximate surface area is 159 Å². The SMILES string of the molecule is NC(=NCc1ccc(S(=O)(=O)N2CCOCC2)s1)NC1CCCCCC1. The number of hydrogen-bond donors (Lipinski definition) is 2. The lowest BCUT2D eigenvalue weighted by Crippen LogP contribution is -2.40. The Kier molecular flexibility index (Phi) is 6.91. The normalized spacial score (nSPS) is 21.5. The lowest BCUT2D eigenvalue weighted by molar-refractivity contribution is 0.0731. The van der Waals surface area contributed by atoms with Gasteiger partial charge in [0.1, 0.15) is 4.21 Å². The van der Waals surface area contributed by atoms with Crippen molar-refractivity contribution in [3.63, 3.8) is 0 Å². The molecule has 0 bridgehead atoms. The molecule has 146 valence electrons. The quantitative estimate of drug-likeness (QED) is 0.447. The van der Waals surface area contributed by atoms with Crippen LogP contribution in [0.25, 0.3) is 0 Å². The molecular weight excluding hydrogens is 372 g/mol. The molecular formula is C17H28N4O3S2. The summed E-state index contributed by atoms with van der Waals surface area (Å²) >= 11 is 1.26. The monoisotopic (exact) mass is 400 g/mol. The number of sulfonamides is 1. The predicted octanol–water partition coefficient (Wildman–Crippen LogP) is 1.90. The Morgan fingerprint density at radius 2 is 1.92 bits per heavy atom. The Morgan fingerprint density at radius 1 is 1.23 bits per heavy atom. The molecule has 0 radical (unpaired) electrons. The number of rotatable bonds is 5. The molecule has 0 unspecified atom stereocenters. The van der Waals surface area contributed by atoms with Crippen LogP contribution in [0.1, 0.15) is 43.4 Å². The fraction of sp³-hybridized carbons (Fsp3) is 0.706. The zero-order valence-corrected chi connectivity index (χ0v) is 16.7. The van der Waals surface area contributed by atoms with Gasteiger partial charge in [-0.25, -0.2) is 13.4 Å². The first-order valence-electron chi connectivity index (χ1n) is 9.29. The molecule has 2 heterocycles. The van der Waals surface area contributed by atoms with Crippen LogP contribution in [0.3, 0.4) is 0 Å². The van der Waals surface area contributed by atoms with E-state index >= 15 is 0 Å². The summed E-state index contributed by atoms with van der Waals surface area (Å²) in [6.07, 6.45) is 7.33. The standard InChI is InChI=1S/C17H28N4O3S2/c18-17(20-14-5-3-1-2-4-6-14)19-13-15-7-8-16(25-15)26(22,23)21-9-11-24-12-10-21/h7-8,14H,1-6,9-13H2,(H3,18,19,20). The number of morpholine rings is 1. The molecule has 7 nitrogen and oxygen atoms in total. The van der Waals surface area contributed by atoms with Crippen LogP contribution in [0.5, 0.6) is 0 Å². The number of guanidine groups is 1. The van der Waals surface area contributed by atoms with Crippen LogP contribution in [-0.4, -0.2) is 51.0 Å². The van der Waals surface area contributed by atoms with Crippen molar-refractivity contribution in [3.8, 4) is 0 Å². The molecule has 1 aromatic rings. The van der Waals surface area contributed by atoms with Gasteiger partial charge in [-0.2, -0.15) is 4.31 Å². The topological polar surface area (TPSA) is 97.0 Å². The molecule has 0 spiro atoms. The molecule has 1 aliphatic heterocycles. The molecule has 1 aromatic heterocycles.